The van der Waals surface area contributed by atoms with Gasteiger partial charge >= 0.3 is 0 Å². The lowest BCUT2D eigenvalue weighted by Gasteiger charge is -2.07. The number of ether oxygens (including phenoxy) is 1. The highest BCUT2D eigenvalue weighted by Crippen LogP contribution is 2.17. The number of aromatic nitrogens is 3. The number of nitrogens with zero attached hydrogens (tertiary/aromatic N) is 3. The van der Waals surface area contributed by atoms with Gasteiger partial charge in [-0.25, -0.2) is 4.68 Å². The Labute approximate surface area is 172 Å². The van der Waals surface area contributed by atoms with Crippen molar-refractivity contribution in [3.05, 3.63) is 94.1 Å². The van der Waals surface area contributed by atoms with Crippen molar-refractivity contribution in [3.8, 4) is 11.6 Å². The molecule has 0 bridgehead atoms. The van der Waals surface area contributed by atoms with Gasteiger partial charge in [-0.15, -0.1) is 0 Å². The first-order valence-corrected chi connectivity index (χ1v) is 9.33. The Morgan fingerprint density at radius 2 is 1.77 bits per heavy atom. The van der Waals surface area contributed by atoms with Crippen molar-refractivity contribution in [1.29, 1.82) is 0 Å². The topological polar surface area (TPSA) is 91.3 Å². The zero-order valence-corrected chi connectivity index (χ0v) is 16.5. The van der Waals surface area contributed by atoms with Gasteiger partial charge in [0.15, 0.2) is 0 Å². The molecule has 0 aliphatic carbocycles. The standard InChI is InChI=1S/C22H20N4O4/c1-15-20(22(28)26(25(15)2)17-11-7-4-8-12-17)23-21(27)18-13-19(24-30-18)29-14-16-9-5-3-6-10-16/h3-13H,14H2,1-2H3,(H,23,27). The summed E-state index contributed by atoms with van der Waals surface area (Å²) in [5, 5.41) is 6.39. The number of anilines is 1. The summed E-state index contributed by atoms with van der Waals surface area (Å²) in [4.78, 5) is 25.5. The zero-order chi connectivity index (χ0) is 21.1. The molecule has 1 N–H and O–H groups in total. The predicted octanol–water partition coefficient (Wildman–Crippen LogP) is 3.30. The maximum atomic E-state index is 12.9. The molecule has 0 aliphatic heterocycles. The molecular weight excluding hydrogens is 384 g/mol. The lowest BCUT2D eigenvalue weighted by molar-refractivity contribution is 0.0987. The van der Waals surface area contributed by atoms with Gasteiger partial charge in [0.25, 0.3) is 17.3 Å². The molecule has 0 aliphatic rings. The Hall–Kier alpha value is -4.07. The number of nitrogens with one attached hydrogen (secondary N) is 1. The molecule has 2 heterocycles. The van der Waals surface area contributed by atoms with E-state index in [1.165, 1.54) is 10.7 Å². The third-order valence-corrected chi connectivity index (χ3v) is 4.73. The number of rotatable bonds is 6. The zero-order valence-electron chi connectivity index (χ0n) is 16.5. The van der Waals surface area contributed by atoms with Crippen molar-refractivity contribution >= 4 is 11.6 Å². The van der Waals surface area contributed by atoms with Crippen molar-refractivity contribution in [2.24, 2.45) is 7.05 Å². The Kier molecular flexibility index (Phi) is 5.21. The molecule has 0 atom stereocenters. The van der Waals surface area contributed by atoms with Crippen molar-refractivity contribution in [1.82, 2.24) is 14.5 Å². The third-order valence-electron chi connectivity index (χ3n) is 4.73. The van der Waals surface area contributed by atoms with Crippen LogP contribution in [-0.4, -0.2) is 20.4 Å². The van der Waals surface area contributed by atoms with Crippen LogP contribution in [0, 0.1) is 6.92 Å². The van der Waals surface area contributed by atoms with Gasteiger partial charge in [0.05, 0.1) is 17.4 Å². The Bertz CT molecular complexity index is 1220. The van der Waals surface area contributed by atoms with E-state index in [1.807, 2.05) is 60.7 Å². The molecule has 152 valence electrons. The second-order valence-electron chi connectivity index (χ2n) is 6.69. The molecule has 8 nitrogen and oxygen atoms in total. The number of amides is 1. The van der Waals surface area contributed by atoms with Gasteiger partial charge in [0, 0.05) is 7.05 Å². The van der Waals surface area contributed by atoms with Gasteiger partial charge in [0.1, 0.15) is 12.3 Å². The Balaban J connectivity index is 1.51. The number of benzene rings is 2. The molecule has 2 aromatic heterocycles. The van der Waals surface area contributed by atoms with Crippen LogP contribution in [-0.2, 0) is 13.7 Å². The molecule has 0 radical (unpaired) electrons. The van der Waals surface area contributed by atoms with E-state index in [-0.39, 0.29) is 22.9 Å². The Morgan fingerprint density at radius 1 is 1.10 bits per heavy atom. The fourth-order valence-electron chi connectivity index (χ4n) is 3.05. The summed E-state index contributed by atoms with van der Waals surface area (Å²) in [5.41, 5.74) is 2.11. The monoisotopic (exact) mass is 404 g/mol. The van der Waals surface area contributed by atoms with Crippen LogP contribution in [0.3, 0.4) is 0 Å². The number of carbonyl (C=O) groups excluding carboxylic acids is 1. The molecule has 0 spiro atoms. The molecule has 0 saturated heterocycles. The van der Waals surface area contributed by atoms with Gasteiger partial charge in [-0.1, -0.05) is 48.5 Å². The summed E-state index contributed by atoms with van der Waals surface area (Å²) in [7, 11) is 1.75. The average molecular weight is 404 g/mol. The van der Waals surface area contributed by atoms with E-state index < -0.39 is 5.91 Å². The van der Waals surface area contributed by atoms with Gasteiger partial charge < -0.3 is 14.6 Å². The smallest absolute Gasteiger partial charge is 0.295 e. The number of para-hydroxylation sites is 1. The summed E-state index contributed by atoms with van der Waals surface area (Å²) in [6, 6.07) is 20.2. The highest BCUT2D eigenvalue weighted by molar-refractivity contribution is 6.02. The maximum Gasteiger partial charge on any atom is 0.295 e. The number of hydrogen-bond donors (Lipinski definition) is 1. The number of carbonyl (C=O) groups is 1. The second-order valence-corrected chi connectivity index (χ2v) is 6.69. The van der Waals surface area contributed by atoms with E-state index in [1.54, 1.807) is 18.7 Å². The average Bonchev–Trinajstić information content (AvgIpc) is 3.33. The van der Waals surface area contributed by atoms with Crippen LogP contribution in [0.25, 0.3) is 5.69 Å². The molecule has 0 fully saturated rings. The van der Waals surface area contributed by atoms with Gasteiger partial charge in [-0.3, -0.25) is 14.3 Å². The Morgan fingerprint density at radius 3 is 2.47 bits per heavy atom. The van der Waals surface area contributed by atoms with Gasteiger partial charge in [-0.2, -0.15) is 0 Å². The molecule has 4 rings (SSSR count). The predicted molar refractivity (Wildman–Crippen MR) is 111 cm³/mol. The van der Waals surface area contributed by atoms with Crippen molar-refractivity contribution in [2.45, 2.75) is 13.5 Å². The van der Waals surface area contributed by atoms with Crippen molar-refractivity contribution in [3.63, 3.8) is 0 Å². The first-order chi connectivity index (χ1) is 14.5. The quantitative estimate of drug-likeness (QED) is 0.532. The summed E-state index contributed by atoms with van der Waals surface area (Å²) >= 11 is 0. The highest BCUT2D eigenvalue weighted by atomic mass is 16.5. The minimum Gasteiger partial charge on any atom is -0.471 e. The van der Waals surface area contributed by atoms with Crippen LogP contribution in [0.1, 0.15) is 21.8 Å². The van der Waals surface area contributed by atoms with E-state index >= 15 is 0 Å². The molecule has 8 heteroatoms. The maximum absolute atomic E-state index is 12.9. The molecule has 0 saturated carbocycles. The first kappa shape index (κ1) is 19.3. The summed E-state index contributed by atoms with van der Waals surface area (Å²) in [6.45, 7) is 2.05. The third kappa shape index (κ3) is 3.75. The molecule has 30 heavy (non-hydrogen) atoms. The van der Waals surface area contributed by atoms with Crippen molar-refractivity contribution in [2.75, 3.05) is 5.32 Å². The van der Waals surface area contributed by atoms with Gasteiger partial charge in [0.2, 0.25) is 5.76 Å². The minimum atomic E-state index is -0.580. The number of hydrogen-bond acceptors (Lipinski definition) is 5. The largest absolute Gasteiger partial charge is 0.471 e. The molecule has 2 aromatic carbocycles. The van der Waals surface area contributed by atoms with Crippen LogP contribution in [0.15, 0.2) is 76.0 Å². The van der Waals surface area contributed by atoms with Crippen LogP contribution in [0.2, 0.25) is 0 Å². The fourth-order valence-corrected chi connectivity index (χ4v) is 3.05. The molecule has 4 aromatic rings. The van der Waals surface area contributed by atoms with E-state index in [0.29, 0.717) is 18.0 Å². The highest BCUT2D eigenvalue weighted by Gasteiger charge is 2.21. The fraction of sp³-hybridized carbons (Fsp3) is 0.136. The normalized spacial score (nSPS) is 10.7. The van der Waals surface area contributed by atoms with E-state index in [2.05, 4.69) is 10.5 Å². The van der Waals surface area contributed by atoms with Crippen molar-refractivity contribution < 1.29 is 14.1 Å². The minimum absolute atomic E-state index is 0.0491. The summed E-state index contributed by atoms with van der Waals surface area (Å²) in [5.74, 6) is -0.439. The molecular formula is C22H20N4O4. The van der Waals surface area contributed by atoms with E-state index in [0.717, 1.165) is 5.56 Å². The molecule has 0 unspecified atom stereocenters. The van der Waals surface area contributed by atoms with E-state index in [4.69, 9.17) is 9.26 Å². The second kappa shape index (κ2) is 8.12. The lowest BCUT2D eigenvalue weighted by atomic mass is 10.2. The first-order valence-electron chi connectivity index (χ1n) is 9.33. The van der Waals surface area contributed by atoms with Crippen LogP contribution in [0.5, 0.6) is 5.88 Å². The summed E-state index contributed by atoms with van der Waals surface area (Å²) < 4.78 is 13.8. The van der Waals surface area contributed by atoms with E-state index in [9.17, 15) is 9.59 Å². The van der Waals surface area contributed by atoms with Crippen LogP contribution in [0.4, 0.5) is 5.69 Å². The summed E-state index contributed by atoms with van der Waals surface area (Å²) in [6.07, 6.45) is 0. The van der Waals surface area contributed by atoms with Gasteiger partial charge in [-0.05, 0) is 29.8 Å². The SMILES string of the molecule is Cc1c(NC(=O)c2cc(OCc3ccccc3)no2)c(=O)n(-c2ccccc2)n1C. The molecule has 1 amide bonds. The van der Waals surface area contributed by atoms with Crippen LogP contribution < -0.4 is 15.6 Å². The van der Waals surface area contributed by atoms with Crippen LogP contribution >= 0.6 is 0 Å². The lowest BCUT2D eigenvalue weighted by Crippen LogP contribution is -2.22.